The lowest BCUT2D eigenvalue weighted by Crippen LogP contribution is -2.55. The van der Waals surface area contributed by atoms with Crippen LogP contribution in [0, 0.1) is 0 Å². The van der Waals surface area contributed by atoms with E-state index >= 15 is 0 Å². The van der Waals surface area contributed by atoms with E-state index in [2.05, 4.69) is 5.32 Å². The van der Waals surface area contributed by atoms with Crippen molar-refractivity contribution in [2.24, 2.45) is 0 Å². The van der Waals surface area contributed by atoms with Crippen LogP contribution in [-0.4, -0.2) is 52.8 Å². The van der Waals surface area contributed by atoms with E-state index in [1.807, 2.05) is 70.2 Å². The number of ether oxygens (including phenoxy) is 1. The molecule has 1 saturated heterocycles. The van der Waals surface area contributed by atoms with E-state index in [1.54, 1.807) is 4.90 Å². The third kappa shape index (κ3) is 6.09. The molecule has 1 heterocycles. The first kappa shape index (κ1) is 22.0. The lowest BCUT2D eigenvalue weighted by Gasteiger charge is -2.42. The summed E-state index contributed by atoms with van der Waals surface area (Å²) in [6.45, 7) is 8.12. The van der Waals surface area contributed by atoms with E-state index in [0.717, 1.165) is 5.56 Å². The molecule has 6 nitrogen and oxygen atoms in total. The van der Waals surface area contributed by atoms with Gasteiger partial charge in [0.15, 0.2) is 6.10 Å². The number of hydrogen-bond acceptors (Lipinski definition) is 4. The molecule has 2 rings (SSSR count). The molecule has 0 aliphatic carbocycles. The number of benzene rings is 1. The molecule has 2 N–H and O–H groups in total. The van der Waals surface area contributed by atoms with Crippen LogP contribution in [0.1, 0.15) is 52.0 Å². The van der Waals surface area contributed by atoms with Crippen LogP contribution in [0.2, 0.25) is 0 Å². The summed E-state index contributed by atoms with van der Waals surface area (Å²) in [6, 6.07) is 9.98. The Morgan fingerprint density at radius 2 is 1.96 bits per heavy atom. The van der Waals surface area contributed by atoms with Gasteiger partial charge in [-0.15, -0.1) is 0 Å². The highest BCUT2D eigenvalue weighted by molar-refractivity contribution is 5.85. The van der Waals surface area contributed by atoms with Gasteiger partial charge in [0, 0.05) is 37.1 Å². The third-order valence-corrected chi connectivity index (χ3v) is 4.82. The van der Waals surface area contributed by atoms with E-state index in [1.165, 1.54) is 0 Å². The van der Waals surface area contributed by atoms with Gasteiger partial charge in [-0.25, -0.2) is 4.79 Å². The maximum atomic E-state index is 13.0. The fourth-order valence-electron chi connectivity index (χ4n) is 3.45. The molecule has 28 heavy (non-hydrogen) atoms. The smallest absolute Gasteiger partial charge is 0.408 e. The Bertz CT molecular complexity index is 682. The second-order valence-corrected chi connectivity index (χ2v) is 8.24. The molecule has 1 aliphatic rings. The second-order valence-electron chi connectivity index (χ2n) is 8.24. The first-order valence-electron chi connectivity index (χ1n) is 9.83. The van der Waals surface area contributed by atoms with Gasteiger partial charge in [-0.3, -0.25) is 4.79 Å². The predicted octanol–water partition coefficient (Wildman–Crippen LogP) is 3.22. The number of hydrogen-bond donors (Lipinski definition) is 2. The zero-order valence-electron chi connectivity index (χ0n) is 17.2. The number of nitrogens with one attached hydrogen (secondary N) is 1. The second kappa shape index (κ2) is 9.73. The number of piperidine rings is 1. The van der Waals surface area contributed by atoms with Crippen molar-refractivity contribution in [1.29, 1.82) is 0 Å². The van der Waals surface area contributed by atoms with Gasteiger partial charge in [0.05, 0.1) is 0 Å². The Morgan fingerprint density at radius 3 is 2.57 bits per heavy atom. The number of likely N-dealkylation sites (tertiary alicyclic amines) is 1. The summed E-state index contributed by atoms with van der Waals surface area (Å²) in [5, 5.41) is 11.7. The predicted molar refractivity (Wildman–Crippen MR) is 109 cm³/mol. The maximum Gasteiger partial charge on any atom is 0.408 e. The molecular weight excluding hydrogens is 356 g/mol. The summed E-state index contributed by atoms with van der Waals surface area (Å²) >= 11 is 0. The molecule has 0 aromatic heterocycles. The van der Waals surface area contributed by atoms with Crippen molar-refractivity contribution < 1.29 is 19.4 Å². The van der Waals surface area contributed by atoms with E-state index in [-0.39, 0.29) is 24.5 Å². The number of rotatable bonds is 6. The fourth-order valence-corrected chi connectivity index (χ4v) is 3.45. The highest BCUT2D eigenvalue weighted by Crippen LogP contribution is 2.34. The average Bonchev–Trinajstić information content (AvgIpc) is 2.62. The first-order chi connectivity index (χ1) is 13.2. The monoisotopic (exact) mass is 388 g/mol. The summed E-state index contributed by atoms with van der Waals surface area (Å²) in [5.74, 6) is -0.116. The largest absolute Gasteiger partial charge is 0.436 e. The minimum absolute atomic E-state index is 0.0285. The van der Waals surface area contributed by atoms with Crippen LogP contribution < -0.4 is 5.32 Å². The van der Waals surface area contributed by atoms with Crippen molar-refractivity contribution in [3.8, 4) is 0 Å². The summed E-state index contributed by atoms with van der Waals surface area (Å²) in [6.07, 6.45) is 3.33. The summed E-state index contributed by atoms with van der Waals surface area (Å²) in [4.78, 5) is 27.0. The highest BCUT2D eigenvalue weighted by Gasteiger charge is 2.41. The molecule has 1 aliphatic heterocycles. The van der Waals surface area contributed by atoms with E-state index in [9.17, 15) is 9.59 Å². The molecule has 1 aromatic carbocycles. The minimum atomic E-state index is -0.824. The van der Waals surface area contributed by atoms with Gasteiger partial charge in [0.2, 0.25) is 0 Å². The SMILES string of the molecule is CC1C(c2ccccc2)CC(OC(=O)NC(C)(C)C)C(=O)N1C/C=C/CCO. The van der Waals surface area contributed by atoms with Crippen LogP contribution in [0.25, 0.3) is 0 Å². The van der Waals surface area contributed by atoms with Crippen LogP contribution in [0.3, 0.4) is 0 Å². The number of amides is 2. The average molecular weight is 389 g/mol. The van der Waals surface area contributed by atoms with Gasteiger partial charge in [0.1, 0.15) is 0 Å². The van der Waals surface area contributed by atoms with Crippen LogP contribution in [0.15, 0.2) is 42.5 Å². The number of alkyl carbamates (subject to hydrolysis) is 1. The quantitative estimate of drug-likeness (QED) is 0.734. The molecule has 3 unspecified atom stereocenters. The molecule has 1 fully saturated rings. The molecule has 1 aromatic rings. The minimum Gasteiger partial charge on any atom is -0.436 e. The Morgan fingerprint density at radius 1 is 1.29 bits per heavy atom. The molecular formula is C22H32N2O4. The number of aliphatic hydroxyl groups is 1. The van der Waals surface area contributed by atoms with Crippen molar-refractivity contribution in [3.63, 3.8) is 0 Å². The van der Waals surface area contributed by atoms with Crippen molar-refractivity contribution in [3.05, 3.63) is 48.0 Å². The van der Waals surface area contributed by atoms with Crippen LogP contribution in [-0.2, 0) is 9.53 Å². The van der Waals surface area contributed by atoms with Crippen molar-refractivity contribution >= 4 is 12.0 Å². The van der Waals surface area contributed by atoms with Gasteiger partial charge < -0.3 is 20.1 Å². The molecule has 0 spiro atoms. The molecule has 154 valence electrons. The molecule has 0 saturated carbocycles. The maximum absolute atomic E-state index is 13.0. The number of carbonyl (C=O) groups is 2. The van der Waals surface area contributed by atoms with E-state index in [0.29, 0.717) is 19.4 Å². The Labute approximate surface area is 167 Å². The van der Waals surface area contributed by atoms with E-state index in [4.69, 9.17) is 9.84 Å². The van der Waals surface area contributed by atoms with Crippen LogP contribution in [0.4, 0.5) is 4.79 Å². The van der Waals surface area contributed by atoms with Crippen LogP contribution >= 0.6 is 0 Å². The molecule has 3 atom stereocenters. The normalized spacial score (nSPS) is 23.1. The van der Waals surface area contributed by atoms with Gasteiger partial charge >= 0.3 is 6.09 Å². The number of carbonyl (C=O) groups excluding carboxylic acids is 2. The van der Waals surface area contributed by atoms with Gasteiger partial charge in [-0.2, -0.15) is 0 Å². The Balaban J connectivity index is 2.21. The summed E-state index contributed by atoms with van der Waals surface area (Å²) in [5.41, 5.74) is 0.685. The number of nitrogens with zero attached hydrogens (tertiary/aromatic N) is 1. The molecule has 0 bridgehead atoms. The Kier molecular flexibility index (Phi) is 7.63. The van der Waals surface area contributed by atoms with Crippen molar-refractivity contribution in [2.75, 3.05) is 13.2 Å². The first-order valence-corrected chi connectivity index (χ1v) is 9.83. The highest BCUT2D eigenvalue weighted by atomic mass is 16.6. The fraction of sp³-hybridized carbons (Fsp3) is 0.545. The Hall–Kier alpha value is -2.34. The molecule has 0 radical (unpaired) electrons. The molecule has 2 amide bonds. The van der Waals surface area contributed by atoms with Crippen molar-refractivity contribution in [1.82, 2.24) is 10.2 Å². The van der Waals surface area contributed by atoms with Crippen LogP contribution in [0.5, 0.6) is 0 Å². The lowest BCUT2D eigenvalue weighted by atomic mass is 9.82. The topological polar surface area (TPSA) is 78.9 Å². The van der Waals surface area contributed by atoms with Gasteiger partial charge in [-0.05, 0) is 39.7 Å². The molecule has 6 heteroatoms. The van der Waals surface area contributed by atoms with Gasteiger partial charge in [-0.1, -0.05) is 42.5 Å². The zero-order valence-corrected chi connectivity index (χ0v) is 17.2. The van der Waals surface area contributed by atoms with E-state index < -0.39 is 17.7 Å². The summed E-state index contributed by atoms with van der Waals surface area (Å²) < 4.78 is 5.53. The standard InChI is InChI=1S/C22H32N2O4/c1-16-18(17-11-7-5-8-12-17)15-19(28-21(27)23-22(2,3)4)20(26)24(16)13-9-6-10-14-25/h5-9,11-12,16,18-19,25H,10,13-15H2,1-4H3,(H,23,27)/b9-6+. The lowest BCUT2D eigenvalue weighted by molar-refractivity contribution is -0.147. The van der Waals surface area contributed by atoms with Gasteiger partial charge in [0.25, 0.3) is 5.91 Å². The summed E-state index contributed by atoms with van der Waals surface area (Å²) in [7, 11) is 0. The number of aliphatic hydroxyl groups excluding tert-OH is 1. The third-order valence-electron chi connectivity index (χ3n) is 4.82. The zero-order chi connectivity index (χ0) is 20.7. The van der Waals surface area contributed by atoms with Crippen molar-refractivity contribution in [2.45, 2.75) is 64.1 Å².